The van der Waals surface area contributed by atoms with Crippen molar-refractivity contribution in [1.82, 2.24) is 14.9 Å². The Morgan fingerprint density at radius 1 is 1.20 bits per heavy atom. The van der Waals surface area contributed by atoms with E-state index in [9.17, 15) is 31.5 Å². The van der Waals surface area contributed by atoms with E-state index in [0.29, 0.717) is 24.8 Å². The van der Waals surface area contributed by atoms with Crippen molar-refractivity contribution in [2.45, 2.75) is 48.3 Å². The number of ether oxygens (including phenoxy) is 1. The number of carbonyl (C=O) groups excluding carboxylic acids is 1. The molecule has 0 saturated heterocycles. The minimum absolute atomic E-state index is 0.0827. The van der Waals surface area contributed by atoms with Crippen LogP contribution in [0.1, 0.15) is 36.3 Å². The summed E-state index contributed by atoms with van der Waals surface area (Å²) < 4.78 is 87.4. The number of likely N-dealkylation sites (N-methyl/N-ethyl adjacent to an activating group) is 1. The Morgan fingerprint density at radius 3 is 2.66 bits per heavy atom. The number of nitrogens with one attached hydrogen (secondary N) is 2. The number of sulfonamides is 1. The molecule has 15 heteroatoms. The van der Waals surface area contributed by atoms with Crippen molar-refractivity contribution in [2.24, 2.45) is 0 Å². The molecule has 0 radical (unpaired) electrons. The minimum Gasteiger partial charge on any atom is -0.506 e. The molecule has 0 unspecified atom stereocenters. The first-order valence-corrected chi connectivity index (χ1v) is 13.9. The van der Waals surface area contributed by atoms with Gasteiger partial charge in [-0.25, -0.2) is 22.8 Å². The minimum atomic E-state index is -4.49. The summed E-state index contributed by atoms with van der Waals surface area (Å²) in [5.41, 5.74) is -0.331. The number of aromatic nitrogens is 2. The summed E-state index contributed by atoms with van der Waals surface area (Å²) in [6.45, 7) is 0.149. The molecule has 0 amide bonds. The van der Waals surface area contributed by atoms with Crippen molar-refractivity contribution in [3.8, 4) is 5.75 Å². The molecule has 2 aromatic carbocycles. The Balaban J connectivity index is 1.57. The second kappa shape index (κ2) is 12.3. The highest BCUT2D eigenvalue weighted by Gasteiger charge is 2.36. The Bertz CT molecular complexity index is 1480. The van der Waals surface area contributed by atoms with Crippen LogP contribution in [0.15, 0.2) is 59.9 Å². The van der Waals surface area contributed by atoms with Gasteiger partial charge < -0.3 is 15.2 Å². The van der Waals surface area contributed by atoms with Crippen LogP contribution in [0.5, 0.6) is 5.75 Å². The van der Waals surface area contributed by atoms with Gasteiger partial charge in [-0.15, -0.1) is 0 Å². The fourth-order valence-corrected chi connectivity index (χ4v) is 6.01. The zero-order chi connectivity index (χ0) is 29.8. The van der Waals surface area contributed by atoms with E-state index in [4.69, 9.17) is 4.74 Å². The molecule has 220 valence electrons. The predicted molar refractivity (Wildman–Crippen MR) is 140 cm³/mol. The number of phenolic OH excluding ortho intramolecular Hbond substituents is 1. The SMILES string of the molecule is CN(COC=O)[C@H]1C[C@@H](c2cccc(C(F)(F)F)c2)CC[C@@H]1Nc1cc(F)c(S(=O)(=O)Nc2ccncn2)cc1O. The van der Waals surface area contributed by atoms with Gasteiger partial charge in [0.25, 0.3) is 16.5 Å². The first-order valence-electron chi connectivity index (χ1n) is 12.4. The van der Waals surface area contributed by atoms with Crippen LogP contribution in [0.3, 0.4) is 0 Å². The summed E-state index contributed by atoms with van der Waals surface area (Å²) in [6.07, 6.45) is -0.872. The molecule has 3 aromatic rings. The van der Waals surface area contributed by atoms with E-state index in [-0.39, 0.29) is 30.6 Å². The third-order valence-corrected chi connectivity index (χ3v) is 8.29. The molecule has 3 atom stereocenters. The largest absolute Gasteiger partial charge is 0.506 e. The maximum Gasteiger partial charge on any atom is 0.416 e. The lowest BCUT2D eigenvalue weighted by Gasteiger charge is -2.41. The van der Waals surface area contributed by atoms with Crippen LogP contribution in [0.4, 0.5) is 29.1 Å². The molecule has 3 N–H and O–H groups in total. The van der Waals surface area contributed by atoms with Gasteiger partial charge in [0, 0.05) is 30.4 Å². The van der Waals surface area contributed by atoms with E-state index in [1.165, 1.54) is 18.3 Å². The van der Waals surface area contributed by atoms with Crippen molar-refractivity contribution in [1.29, 1.82) is 0 Å². The zero-order valence-corrected chi connectivity index (χ0v) is 22.5. The molecule has 1 fully saturated rings. The van der Waals surface area contributed by atoms with Gasteiger partial charge in [-0.1, -0.05) is 18.2 Å². The maximum absolute atomic E-state index is 15.1. The van der Waals surface area contributed by atoms with Gasteiger partial charge in [0.1, 0.15) is 35.3 Å². The van der Waals surface area contributed by atoms with Gasteiger partial charge in [0.2, 0.25) is 0 Å². The third-order valence-electron chi connectivity index (χ3n) is 6.92. The first kappa shape index (κ1) is 30.0. The lowest BCUT2D eigenvalue weighted by molar-refractivity contribution is -0.137. The number of nitrogens with zero attached hydrogens (tertiary/aromatic N) is 3. The molecule has 4 rings (SSSR count). The van der Waals surface area contributed by atoms with E-state index in [2.05, 4.69) is 20.0 Å². The number of hydrogen-bond donors (Lipinski definition) is 3. The first-order chi connectivity index (χ1) is 19.4. The molecular formula is C26H27F4N5O5S. The summed E-state index contributed by atoms with van der Waals surface area (Å²) in [4.78, 5) is 19.1. The van der Waals surface area contributed by atoms with Gasteiger partial charge in [0.05, 0.1) is 11.3 Å². The van der Waals surface area contributed by atoms with Crippen LogP contribution in [-0.4, -0.2) is 60.7 Å². The van der Waals surface area contributed by atoms with Gasteiger partial charge >= 0.3 is 6.18 Å². The standard InChI is InChI=1S/C26H27F4N5O5S/c1-35(14-40-15-36)22-10-17(16-3-2-4-18(9-16)26(28,29)30)5-6-20(22)33-21-11-19(27)24(12-23(21)37)41(38,39)34-25-7-8-31-13-32-25/h2-4,7-9,11-13,15,17,20,22,33,37H,5-6,10,14H2,1H3,(H,31,32,34)/t17-,20-,22-/m0/s1. The monoisotopic (exact) mass is 597 g/mol. The van der Waals surface area contributed by atoms with Crippen molar-refractivity contribution in [3.05, 3.63) is 71.9 Å². The van der Waals surface area contributed by atoms with E-state index in [1.54, 1.807) is 18.0 Å². The highest BCUT2D eigenvalue weighted by molar-refractivity contribution is 7.92. The second-order valence-corrected chi connectivity index (χ2v) is 11.3. The predicted octanol–water partition coefficient (Wildman–Crippen LogP) is 4.32. The number of benzene rings is 2. The molecule has 1 aliphatic rings. The number of halogens is 4. The lowest BCUT2D eigenvalue weighted by Crippen LogP contribution is -2.49. The van der Waals surface area contributed by atoms with Gasteiger partial charge in [-0.05, 0) is 49.9 Å². The number of rotatable bonds is 10. The molecule has 1 aromatic heterocycles. The zero-order valence-electron chi connectivity index (χ0n) is 21.7. The quantitative estimate of drug-likeness (QED) is 0.135. The Labute approximate surface area is 233 Å². The lowest BCUT2D eigenvalue weighted by atomic mass is 9.78. The summed E-state index contributed by atoms with van der Waals surface area (Å²) in [5.74, 6) is -2.04. The summed E-state index contributed by atoms with van der Waals surface area (Å²) >= 11 is 0. The summed E-state index contributed by atoms with van der Waals surface area (Å²) in [6, 6.07) is 7.10. The Kier molecular flexibility index (Phi) is 8.97. The van der Waals surface area contributed by atoms with E-state index in [0.717, 1.165) is 30.6 Å². The maximum atomic E-state index is 15.1. The van der Waals surface area contributed by atoms with Crippen molar-refractivity contribution >= 4 is 28.0 Å². The van der Waals surface area contributed by atoms with Crippen LogP contribution in [0, 0.1) is 5.82 Å². The second-order valence-electron chi connectivity index (χ2n) is 9.60. The fraction of sp³-hybridized carbons (Fsp3) is 0.346. The number of aromatic hydroxyl groups is 1. The number of carbonyl (C=O) groups is 1. The van der Waals surface area contributed by atoms with E-state index in [1.807, 2.05) is 0 Å². The molecule has 1 heterocycles. The molecule has 0 aliphatic heterocycles. The smallest absolute Gasteiger partial charge is 0.416 e. The average molecular weight is 598 g/mol. The average Bonchev–Trinajstić information content (AvgIpc) is 2.93. The molecule has 10 nitrogen and oxygen atoms in total. The topological polar surface area (TPSA) is 134 Å². The van der Waals surface area contributed by atoms with Gasteiger partial charge in [-0.3, -0.25) is 14.4 Å². The van der Waals surface area contributed by atoms with E-state index >= 15 is 4.39 Å². The molecule has 0 spiro atoms. The van der Waals surface area contributed by atoms with Gasteiger partial charge in [0.15, 0.2) is 0 Å². The van der Waals surface area contributed by atoms with Crippen molar-refractivity contribution < 1.29 is 40.6 Å². The van der Waals surface area contributed by atoms with Crippen molar-refractivity contribution in [3.63, 3.8) is 0 Å². The molecule has 1 saturated carbocycles. The Morgan fingerprint density at radius 2 is 1.98 bits per heavy atom. The van der Waals surface area contributed by atoms with Crippen LogP contribution >= 0.6 is 0 Å². The van der Waals surface area contributed by atoms with Crippen LogP contribution < -0.4 is 10.0 Å². The van der Waals surface area contributed by atoms with Crippen molar-refractivity contribution in [2.75, 3.05) is 23.8 Å². The molecule has 0 bridgehead atoms. The van der Waals surface area contributed by atoms with Crippen LogP contribution in [0.2, 0.25) is 0 Å². The number of alkyl halides is 3. The molecular weight excluding hydrogens is 570 g/mol. The molecule has 1 aliphatic carbocycles. The molecule has 41 heavy (non-hydrogen) atoms. The number of phenols is 1. The number of anilines is 2. The van der Waals surface area contributed by atoms with Crippen LogP contribution in [-0.2, 0) is 25.7 Å². The van der Waals surface area contributed by atoms with Gasteiger partial charge in [-0.2, -0.15) is 13.2 Å². The highest BCUT2D eigenvalue weighted by atomic mass is 32.2. The third kappa shape index (κ3) is 7.21. The van der Waals surface area contributed by atoms with E-state index < -0.39 is 50.3 Å². The summed E-state index contributed by atoms with van der Waals surface area (Å²) in [5, 5.41) is 13.7. The summed E-state index contributed by atoms with van der Waals surface area (Å²) in [7, 11) is -2.78. The van der Waals surface area contributed by atoms with Crippen LogP contribution in [0.25, 0.3) is 0 Å². The highest BCUT2D eigenvalue weighted by Crippen LogP contribution is 2.40. The Hall–Kier alpha value is -3.98. The normalized spacial score (nSPS) is 19.5. The number of hydrogen-bond acceptors (Lipinski definition) is 9. The fourth-order valence-electron chi connectivity index (χ4n) is 4.93.